The van der Waals surface area contributed by atoms with Gasteiger partial charge in [0.25, 0.3) is 0 Å². The third-order valence-corrected chi connectivity index (χ3v) is 9.10. The molecule has 0 amide bonds. The van der Waals surface area contributed by atoms with Gasteiger partial charge in [-0.05, 0) is 61.5 Å². The van der Waals surface area contributed by atoms with E-state index in [1.165, 1.54) is 6.92 Å². The van der Waals surface area contributed by atoms with Gasteiger partial charge in [0, 0.05) is 16.7 Å². The van der Waals surface area contributed by atoms with Crippen LogP contribution in [0.1, 0.15) is 60.8 Å². The van der Waals surface area contributed by atoms with Crippen molar-refractivity contribution in [3.8, 4) is 0 Å². The Labute approximate surface area is 169 Å². The normalized spacial score (nSPS) is 47.7. The third kappa shape index (κ3) is 2.64. The summed E-state index contributed by atoms with van der Waals surface area (Å²) in [5.74, 6) is 0.657. The molecule has 0 aromatic rings. The monoisotopic (exact) mass is 388 g/mol. The van der Waals surface area contributed by atoms with Gasteiger partial charge in [-0.25, -0.2) is 0 Å². The number of Topliss-reactive ketones (excluding diaryl/α,β-unsaturated/α-hetero) is 1. The molecule has 3 aliphatic carbocycles. The number of ketones is 1. The van der Waals surface area contributed by atoms with Crippen molar-refractivity contribution in [3.05, 3.63) is 23.8 Å². The summed E-state index contributed by atoms with van der Waals surface area (Å²) in [6.07, 6.45) is 7.69. The molecule has 3 aliphatic rings. The SMILES string of the molecule is CC(=O)[C@@]1(O)CC[C@H]2[C@@H]3C=C/C(=C/C=O)[C@@](C)(C(C)C(C)C)[C@@H]3[C@@H](O)C[C@@]21C. The summed E-state index contributed by atoms with van der Waals surface area (Å²) in [4.78, 5) is 23.7. The molecule has 2 fully saturated rings. The summed E-state index contributed by atoms with van der Waals surface area (Å²) < 4.78 is 0. The number of aliphatic hydroxyl groups is 2. The molecule has 0 spiro atoms. The lowest BCUT2D eigenvalue weighted by Gasteiger charge is -2.60. The second kappa shape index (κ2) is 6.91. The zero-order valence-corrected chi connectivity index (χ0v) is 18.1. The summed E-state index contributed by atoms with van der Waals surface area (Å²) in [5.41, 5.74) is -1.35. The summed E-state index contributed by atoms with van der Waals surface area (Å²) in [6.45, 7) is 12.2. The number of allylic oxidation sites excluding steroid dienone is 4. The van der Waals surface area contributed by atoms with Crippen LogP contribution in [0.4, 0.5) is 0 Å². The van der Waals surface area contributed by atoms with Crippen LogP contribution in [0.3, 0.4) is 0 Å². The van der Waals surface area contributed by atoms with Crippen molar-refractivity contribution in [2.75, 3.05) is 0 Å². The quantitative estimate of drug-likeness (QED) is 0.569. The molecular formula is C24H36O4. The van der Waals surface area contributed by atoms with Crippen LogP contribution >= 0.6 is 0 Å². The third-order valence-electron chi connectivity index (χ3n) is 9.10. The molecule has 8 atom stereocenters. The number of aliphatic hydroxyl groups excluding tert-OH is 1. The van der Waals surface area contributed by atoms with Gasteiger partial charge >= 0.3 is 0 Å². The zero-order chi connectivity index (χ0) is 21.1. The number of hydrogen-bond donors (Lipinski definition) is 2. The topological polar surface area (TPSA) is 74.6 Å². The first-order chi connectivity index (χ1) is 12.9. The Bertz CT molecular complexity index is 722. The molecule has 0 aromatic carbocycles. The van der Waals surface area contributed by atoms with E-state index >= 15 is 0 Å². The van der Waals surface area contributed by atoms with E-state index in [0.717, 1.165) is 18.3 Å². The van der Waals surface area contributed by atoms with Gasteiger partial charge in [-0.15, -0.1) is 0 Å². The summed E-state index contributed by atoms with van der Waals surface area (Å²) >= 11 is 0. The van der Waals surface area contributed by atoms with E-state index in [1.807, 2.05) is 6.92 Å². The molecule has 4 nitrogen and oxygen atoms in total. The summed E-state index contributed by atoms with van der Waals surface area (Å²) in [5, 5.41) is 22.7. The fourth-order valence-electron chi connectivity index (χ4n) is 7.07. The Morgan fingerprint density at radius 1 is 1.29 bits per heavy atom. The molecule has 1 unspecified atom stereocenters. The van der Waals surface area contributed by atoms with E-state index in [4.69, 9.17) is 0 Å². The molecule has 0 aromatic heterocycles. The van der Waals surface area contributed by atoms with E-state index in [1.54, 1.807) is 6.08 Å². The Balaban J connectivity index is 2.14. The first kappa shape index (κ1) is 21.4. The fraction of sp³-hybridized carbons (Fsp3) is 0.750. The number of hydrogen-bond acceptors (Lipinski definition) is 4. The molecule has 0 bridgehead atoms. The predicted molar refractivity (Wildman–Crippen MR) is 109 cm³/mol. The van der Waals surface area contributed by atoms with Crippen molar-refractivity contribution in [1.29, 1.82) is 0 Å². The van der Waals surface area contributed by atoms with Gasteiger partial charge in [0.05, 0.1) is 6.10 Å². The highest BCUT2D eigenvalue weighted by Gasteiger charge is 2.67. The van der Waals surface area contributed by atoms with Gasteiger partial charge in [0.1, 0.15) is 11.9 Å². The van der Waals surface area contributed by atoms with Crippen molar-refractivity contribution >= 4 is 12.1 Å². The molecule has 0 radical (unpaired) electrons. The van der Waals surface area contributed by atoms with Gasteiger partial charge < -0.3 is 10.2 Å². The van der Waals surface area contributed by atoms with Crippen LogP contribution in [0.2, 0.25) is 0 Å². The Morgan fingerprint density at radius 2 is 1.93 bits per heavy atom. The van der Waals surface area contributed by atoms with Gasteiger partial charge in [-0.2, -0.15) is 0 Å². The van der Waals surface area contributed by atoms with E-state index in [2.05, 4.69) is 39.8 Å². The molecular weight excluding hydrogens is 352 g/mol. The zero-order valence-electron chi connectivity index (χ0n) is 18.1. The van der Waals surface area contributed by atoms with Crippen molar-refractivity contribution in [1.82, 2.24) is 0 Å². The number of aldehydes is 1. The highest BCUT2D eigenvalue weighted by atomic mass is 16.3. The lowest BCUT2D eigenvalue weighted by molar-refractivity contribution is -0.173. The van der Waals surface area contributed by atoms with Crippen molar-refractivity contribution in [2.45, 2.75) is 72.5 Å². The van der Waals surface area contributed by atoms with Crippen LogP contribution in [-0.2, 0) is 9.59 Å². The van der Waals surface area contributed by atoms with Gasteiger partial charge in [-0.3, -0.25) is 9.59 Å². The highest BCUT2D eigenvalue weighted by molar-refractivity contribution is 5.86. The van der Waals surface area contributed by atoms with Crippen molar-refractivity contribution in [3.63, 3.8) is 0 Å². The lowest BCUT2D eigenvalue weighted by Crippen LogP contribution is -2.61. The average Bonchev–Trinajstić information content (AvgIpc) is 2.88. The second-order valence-electron chi connectivity index (χ2n) is 10.3. The highest BCUT2D eigenvalue weighted by Crippen LogP contribution is 2.66. The predicted octanol–water partition coefficient (Wildman–Crippen LogP) is 3.71. The van der Waals surface area contributed by atoms with Crippen LogP contribution in [-0.4, -0.2) is 34.0 Å². The van der Waals surface area contributed by atoms with E-state index in [-0.39, 0.29) is 34.9 Å². The molecule has 2 saturated carbocycles. The largest absolute Gasteiger partial charge is 0.393 e. The van der Waals surface area contributed by atoms with E-state index in [9.17, 15) is 19.8 Å². The minimum atomic E-state index is -1.36. The Kier molecular flexibility index (Phi) is 5.30. The fourth-order valence-corrected chi connectivity index (χ4v) is 7.07. The van der Waals surface area contributed by atoms with Gasteiger partial charge in [-0.1, -0.05) is 46.8 Å². The molecule has 156 valence electrons. The van der Waals surface area contributed by atoms with Crippen LogP contribution in [0.15, 0.2) is 23.8 Å². The van der Waals surface area contributed by atoms with Crippen LogP contribution in [0.25, 0.3) is 0 Å². The molecule has 28 heavy (non-hydrogen) atoms. The number of carbonyl (C=O) groups excluding carboxylic acids is 2. The molecule has 4 heteroatoms. The summed E-state index contributed by atoms with van der Waals surface area (Å²) in [7, 11) is 0. The van der Waals surface area contributed by atoms with Crippen molar-refractivity contribution < 1.29 is 19.8 Å². The number of rotatable bonds is 4. The molecule has 2 N–H and O–H groups in total. The van der Waals surface area contributed by atoms with Gasteiger partial charge in [0.2, 0.25) is 0 Å². The minimum Gasteiger partial charge on any atom is -0.393 e. The van der Waals surface area contributed by atoms with Gasteiger partial charge in [0.15, 0.2) is 5.78 Å². The van der Waals surface area contributed by atoms with E-state index in [0.29, 0.717) is 18.8 Å². The average molecular weight is 389 g/mol. The van der Waals surface area contributed by atoms with Crippen LogP contribution in [0, 0.1) is 40.4 Å². The number of carbonyl (C=O) groups is 2. The Hall–Kier alpha value is -1.26. The van der Waals surface area contributed by atoms with Crippen LogP contribution in [0.5, 0.6) is 0 Å². The maximum absolute atomic E-state index is 12.4. The molecule has 0 saturated heterocycles. The first-order valence-corrected chi connectivity index (χ1v) is 10.7. The maximum atomic E-state index is 12.4. The van der Waals surface area contributed by atoms with Crippen LogP contribution < -0.4 is 0 Å². The summed E-state index contributed by atoms with van der Waals surface area (Å²) in [6, 6.07) is 0. The first-order valence-electron chi connectivity index (χ1n) is 10.7. The minimum absolute atomic E-state index is 0.0338. The van der Waals surface area contributed by atoms with E-state index < -0.39 is 17.1 Å². The molecule has 0 aliphatic heterocycles. The molecule has 3 rings (SSSR count). The standard InChI is InChI=1S/C24H36O4/c1-14(2)15(3)23(6)17(10-12-25)7-8-18-19-9-11-24(28,16(4)26)22(19,5)13-20(27)21(18)23/h7-8,10,12,14-15,18-21,27-28H,9,11,13H2,1-6H3/b17-10-/t15?,18-,19-,20-,21-,22-,23+,24-/m0/s1. The van der Waals surface area contributed by atoms with Crippen molar-refractivity contribution in [2.24, 2.45) is 40.4 Å². The smallest absolute Gasteiger partial charge is 0.161 e. The maximum Gasteiger partial charge on any atom is 0.161 e. The Morgan fingerprint density at radius 3 is 2.46 bits per heavy atom. The second-order valence-corrected chi connectivity index (χ2v) is 10.3. The molecule has 0 heterocycles. The lowest BCUT2D eigenvalue weighted by atomic mass is 9.45. The number of fused-ring (bicyclic) bond motifs is 3.